The molecule has 110 valence electrons. The normalized spacial score (nSPS) is 29.6. The van der Waals surface area contributed by atoms with Crippen LogP contribution < -0.4 is 10.0 Å². The van der Waals surface area contributed by atoms with Gasteiger partial charge in [-0.25, -0.2) is 17.5 Å². The van der Waals surface area contributed by atoms with Crippen LogP contribution in [0.1, 0.15) is 31.2 Å². The van der Waals surface area contributed by atoms with Crippen molar-refractivity contribution in [3.63, 3.8) is 0 Å². The number of piperidine rings is 1. The Morgan fingerprint density at radius 1 is 1.20 bits per heavy atom. The summed E-state index contributed by atoms with van der Waals surface area (Å²) < 4.78 is 40.8. The minimum Gasteiger partial charge on any atom is -0.311 e. The Bertz CT molecular complexity index is 585. The Morgan fingerprint density at radius 2 is 1.85 bits per heavy atom. The van der Waals surface area contributed by atoms with Crippen LogP contribution in [0.25, 0.3) is 0 Å². The maximum atomic E-state index is 13.4. The predicted molar refractivity (Wildman–Crippen MR) is 74.4 cm³/mol. The van der Waals surface area contributed by atoms with Gasteiger partial charge in [0.15, 0.2) is 0 Å². The van der Waals surface area contributed by atoms with Crippen LogP contribution in [0.3, 0.4) is 0 Å². The average Bonchev–Trinajstić information content (AvgIpc) is 2.67. The fraction of sp³-hybridized carbons (Fsp3) is 0.571. The van der Waals surface area contributed by atoms with E-state index >= 15 is 0 Å². The number of hydrogen-bond acceptors (Lipinski definition) is 3. The van der Waals surface area contributed by atoms with Gasteiger partial charge in [-0.3, -0.25) is 0 Å². The van der Waals surface area contributed by atoms with Crippen molar-refractivity contribution in [1.82, 2.24) is 10.0 Å². The first-order valence-electron chi connectivity index (χ1n) is 6.98. The highest BCUT2D eigenvalue weighted by Gasteiger charge is 2.35. The third-order valence-corrected chi connectivity index (χ3v) is 5.62. The number of halogens is 1. The molecule has 2 bridgehead atoms. The first-order valence-corrected chi connectivity index (χ1v) is 8.46. The van der Waals surface area contributed by atoms with E-state index in [0.717, 1.165) is 31.7 Å². The van der Waals surface area contributed by atoms with Crippen molar-refractivity contribution >= 4 is 10.0 Å². The van der Waals surface area contributed by atoms with E-state index in [2.05, 4.69) is 10.0 Å². The fourth-order valence-corrected chi connectivity index (χ4v) is 4.68. The van der Waals surface area contributed by atoms with Crippen molar-refractivity contribution in [2.45, 2.75) is 55.6 Å². The summed E-state index contributed by atoms with van der Waals surface area (Å²) >= 11 is 0. The van der Waals surface area contributed by atoms with Crippen LogP contribution in [0, 0.1) is 12.7 Å². The lowest BCUT2D eigenvalue weighted by molar-refractivity contribution is 0.345. The molecule has 2 N–H and O–H groups in total. The molecule has 2 heterocycles. The predicted octanol–water partition coefficient (Wildman–Crippen LogP) is 1.70. The molecule has 2 fully saturated rings. The van der Waals surface area contributed by atoms with E-state index < -0.39 is 15.8 Å². The number of nitrogens with one attached hydrogen (secondary N) is 2. The van der Waals surface area contributed by atoms with Crippen molar-refractivity contribution in [3.8, 4) is 0 Å². The minimum atomic E-state index is -3.64. The van der Waals surface area contributed by atoms with Gasteiger partial charge >= 0.3 is 0 Å². The molecule has 1 aromatic rings. The van der Waals surface area contributed by atoms with Gasteiger partial charge in [0.05, 0.1) is 4.90 Å². The molecule has 2 atom stereocenters. The highest BCUT2D eigenvalue weighted by Crippen LogP contribution is 2.27. The molecule has 6 heteroatoms. The largest absolute Gasteiger partial charge is 0.311 e. The Labute approximate surface area is 118 Å². The molecule has 20 heavy (non-hydrogen) atoms. The molecule has 1 aromatic carbocycles. The standard InChI is InChI=1S/C14H19FN2O2S/c1-9-4-10(15)6-14(5-9)20(18,19)17-13-7-11-2-3-12(8-13)16-11/h4-6,11-13,16-17H,2-3,7-8H2,1H3. The first kappa shape index (κ1) is 14.0. The molecule has 2 saturated heterocycles. The number of fused-ring (bicyclic) bond motifs is 2. The fourth-order valence-electron chi connectivity index (χ4n) is 3.30. The summed E-state index contributed by atoms with van der Waals surface area (Å²) in [7, 11) is -3.64. The maximum absolute atomic E-state index is 13.4. The highest BCUT2D eigenvalue weighted by molar-refractivity contribution is 7.89. The Morgan fingerprint density at radius 3 is 2.45 bits per heavy atom. The second kappa shape index (κ2) is 5.09. The number of benzene rings is 1. The topological polar surface area (TPSA) is 58.2 Å². The lowest BCUT2D eigenvalue weighted by atomic mass is 10.0. The van der Waals surface area contributed by atoms with E-state index in [9.17, 15) is 12.8 Å². The van der Waals surface area contributed by atoms with Gasteiger partial charge in [-0.15, -0.1) is 0 Å². The van der Waals surface area contributed by atoms with E-state index in [1.54, 1.807) is 6.92 Å². The van der Waals surface area contributed by atoms with Crippen molar-refractivity contribution in [2.75, 3.05) is 0 Å². The van der Waals surface area contributed by atoms with Gasteiger partial charge in [0, 0.05) is 18.1 Å². The van der Waals surface area contributed by atoms with Gasteiger partial charge in [-0.2, -0.15) is 0 Å². The van der Waals surface area contributed by atoms with Crippen LogP contribution in [0.15, 0.2) is 23.1 Å². The van der Waals surface area contributed by atoms with Gasteiger partial charge in [0.1, 0.15) is 5.82 Å². The zero-order valence-corrected chi connectivity index (χ0v) is 12.2. The first-order chi connectivity index (χ1) is 9.42. The quantitative estimate of drug-likeness (QED) is 0.893. The van der Waals surface area contributed by atoms with Crippen molar-refractivity contribution in [3.05, 3.63) is 29.6 Å². The van der Waals surface area contributed by atoms with Crippen molar-refractivity contribution in [1.29, 1.82) is 0 Å². The molecule has 0 radical (unpaired) electrons. The molecule has 2 aliphatic heterocycles. The summed E-state index contributed by atoms with van der Waals surface area (Å²) in [5, 5.41) is 3.47. The molecular weight excluding hydrogens is 279 g/mol. The highest BCUT2D eigenvalue weighted by atomic mass is 32.2. The Hall–Kier alpha value is -0.980. The SMILES string of the molecule is Cc1cc(F)cc(S(=O)(=O)NC2CC3CCC(C2)N3)c1. The third kappa shape index (κ3) is 2.87. The maximum Gasteiger partial charge on any atom is 0.240 e. The molecule has 0 amide bonds. The van der Waals surface area contributed by atoms with Crippen LogP contribution in [-0.4, -0.2) is 26.5 Å². The number of aryl methyl sites for hydroxylation is 1. The summed E-state index contributed by atoms with van der Waals surface area (Å²) in [6.07, 6.45) is 3.85. The number of hydrogen-bond donors (Lipinski definition) is 2. The molecule has 2 unspecified atom stereocenters. The summed E-state index contributed by atoms with van der Waals surface area (Å²) in [5.74, 6) is -0.518. The molecule has 2 aliphatic rings. The van der Waals surface area contributed by atoms with E-state index in [-0.39, 0.29) is 10.9 Å². The second-order valence-electron chi connectivity index (χ2n) is 5.89. The smallest absolute Gasteiger partial charge is 0.240 e. The number of rotatable bonds is 3. The van der Waals surface area contributed by atoms with Crippen LogP contribution in [0.4, 0.5) is 4.39 Å². The molecule has 0 aromatic heterocycles. The molecule has 0 saturated carbocycles. The summed E-state index contributed by atoms with van der Waals surface area (Å²) in [6, 6.07) is 4.67. The molecule has 3 rings (SSSR count). The lowest BCUT2D eigenvalue weighted by Gasteiger charge is -2.29. The van der Waals surface area contributed by atoms with Gasteiger partial charge in [-0.05, 0) is 56.4 Å². The van der Waals surface area contributed by atoms with Gasteiger partial charge in [-0.1, -0.05) is 0 Å². The number of sulfonamides is 1. The summed E-state index contributed by atoms with van der Waals surface area (Å²) in [6.45, 7) is 1.69. The molecular formula is C14H19FN2O2S. The summed E-state index contributed by atoms with van der Waals surface area (Å²) in [4.78, 5) is 0.0147. The second-order valence-corrected chi connectivity index (χ2v) is 7.61. The van der Waals surface area contributed by atoms with E-state index in [1.165, 1.54) is 12.1 Å². The van der Waals surface area contributed by atoms with Crippen LogP contribution >= 0.6 is 0 Å². The monoisotopic (exact) mass is 298 g/mol. The van der Waals surface area contributed by atoms with Crippen molar-refractivity contribution in [2.24, 2.45) is 0 Å². The molecule has 4 nitrogen and oxygen atoms in total. The molecule has 0 aliphatic carbocycles. The summed E-state index contributed by atoms with van der Waals surface area (Å²) in [5.41, 5.74) is 0.607. The van der Waals surface area contributed by atoms with Crippen LogP contribution in [0.5, 0.6) is 0 Å². The van der Waals surface area contributed by atoms with Crippen molar-refractivity contribution < 1.29 is 12.8 Å². The molecule has 0 spiro atoms. The van der Waals surface area contributed by atoms with E-state index in [1.807, 2.05) is 0 Å². The van der Waals surface area contributed by atoms with Gasteiger partial charge in [0.25, 0.3) is 0 Å². The van der Waals surface area contributed by atoms with E-state index in [0.29, 0.717) is 17.6 Å². The van der Waals surface area contributed by atoms with Crippen LogP contribution in [0.2, 0.25) is 0 Å². The third-order valence-electron chi connectivity index (χ3n) is 4.12. The van der Waals surface area contributed by atoms with Crippen LogP contribution in [-0.2, 0) is 10.0 Å². The van der Waals surface area contributed by atoms with Gasteiger partial charge in [0.2, 0.25) is 10.0 Å². The lowest BCUT2D eigenvalue weighted by Crippen LogP contribution is -2.47. The van der Waals surface area contributed by atoms with Gasteiger partial charge < -0.3 is 5.32 Å². The zero-order chi connectivity index (χ0) is 14.3. The minimum absolute atomic E-state index is 0.0147. The average molecular weight is 298 g/mol. The van der Waals surface area contributed by atoms with E-state index in [4.69, 9.17) is 0 Å². The Balaban J connectivity index is 1.78. The Kier molecular flexibility index (Phi) is 3.56. The zero-order valence-electron chi connectivity index (χ0n) is 11.4.